The molecule has 0 fully saturated rings. The van der Waals surface area contributed by atoms with E-state index in [4.69, 9.17) is 0 Å². The molecule has 0 aliphatic heterocycles. The van der Waals surface area contributed by atoms with Crippen LogP contribution in [0.15, 0.2) is 53.6 Å². The zero-order chi connectivity index (χ0) is 10.8. The van der Waals surface area contributed by atoms with Crippen molar-refractivity contribution in [3.8, 4) is 0 Å². The smallest absolute Gasteiger partial charge is 0.0237 e. The lowest BCUT2D eigenvalue weighted by molar-refractivity contribution is 0.698. The van der Waals surface area contributed by atoms with Crippen molar-refractivity contribution < 1.29 is 0 Å². The topological polar surface area (TPSA) is 0 Å². The summed E-state index contributed by atoms with van der Waals surface area (Å²) in [4.78, 5) is 0. The first-order valence-corrected chi connectivity index (χ1v) is 6.40. The Morgan fingerprint density at radius 3 is 2.56 bits per heavy atom. The average Bonchev–Trinajstić information content (AvgIpc) is 2.60. The third-order valence-electron chi connectivity index (χ3n) is 3.83. The lowest BCUT2D eigenvalue weighted by Crippen LogP contribution is -1.97. The van der Waals surface area contributed by atoms with Crippen LogP contribution in [0.4, 0.5) is 0 Å². The average molecular weight is 210 g/mol. The Hall–Kier alpha value is -1.30. The van der Waals surface area contributed by atoms with Crippen molar-refractivity contribution in [1.82, 2.24) is 0 Å². The molecule has 1 atom stereocenters. The van der Waals surface area contributed by atoms with Crippen molar-refractivity contribution in [2.45, 2.75) is 38.0 Å². The molecule has 0 N–H and O–H groups in total. The summed E-state index contributed by atoms with van der Waals surface area (Å²) in [5.41, 5.74) is 4.79. The van der Waals surface area contributed by atoms with Gasteiger partial charge in [0.2, 0.25) is 0 Å². The molecule has 1 aromatic rings. The second kappa shape index (κ2) is 4.29. The monoisotopic (exact) mass is 210 g/mol. The van der Waals surface area contributed by atoms with Crippen LogP contribution in [-0.2, 0) is 0 Å². The molecule has 0 nitrogen and oxygen atoms in total. The largest absolute Gasteiger partial charge is 0.0727 e. The van der Waals surface area contributed by atoms with E-state index in [-0.39, 0.29) is 0 Å². The molecule has 0 heteroatoms. The molecule has 0 spiro atoms. The summed E-state index contributed by atoms with van der Waals surface area (Å²) in [6, 6.07) is 10.9. The lowest BCUT2D eigenvalue weighted by atomic mass is 9.90. The highest BCUT2D eigenvalue weighted by atomic mass is 14.3. The van der Waals surface area contributed by atoms with Gasteiger partial charge in [-0.15, -0.1) is 0 Å². The van der Waals surface area contributed by atoms with Crippen molar-refractivity contribution in [2.75, 3.05) is 0 Å². The molecule has 82 valence electrons. The number of hydrogen-bond acceptors (Lipinski definition) is 0. The van der Waals surface area contributed by atoms with Gasteiger partial charge in [-0.2, -0.15) is 0 Å². The van der Waals surface area contributed by atoms with E-state index in [0.717, 1.165) is 0 Å². The van der Waals surface area contributed by atoms with Crippen LogP contribution >= 0.6 is 0 Å². The Bertz CT molecular complexity index is 423. The molecular weight excluding hydrogens is 192 g/mol. The maximum Gasteiger partial charge on any atom is 0.0237 e. The van der Waals surface area contributed by atoms with E-state index in [2.05, 4.69) is 42.5 Å². The zero-order valence-electron chi connectivity index (χ0n) is 9.65. The Kier molecular flexibility index (Phi) is 2.65. The first kappa shape index (κ1) is 9.89. The Morgan fingerprint density at radius 1 is 0.875 bits per heavy atom. The minimum absolute atomic E-state index is 0.578. The maximum absolute atomic E-state index is 2.39. The molecule has 1 aromatic carbocycles. The second-order valence-electron chi connectivity index (χ2n) is 4.86. The molecule has 2 aliphatic carbocycles. The number of hydrogen-bond donors (Lipinski definition) is 0. The molecule has 0 heterocycles. The first-order chi connectivity index (χ1) is 7.95. The van der Waals surface area contributed by atoms with Crippen molar-refractivity contribution in [3.05, 3.63) is 59.2 Å². The number of rotatable bonds is 1. The standard InChI is InChI=1S/C16H18/c1-3-7-13(8-4-1)16-12-11-14-9-5-2-6-10-15(14)16/h1,3-4,7-8,11-12,16H,2,5-6,9-10H2. The van der Waals surface area contributed by atoms with Gasteiger partial charge in [-0.1, -0.05) is 54.5 Å². The summed E-state index contributed by atoms with van der Waals surface area (Å²) >= 11 is 0. The van der Waals surface area contributed by atoms with Crippen LogP contribution in [0.2, 0.25) is 0 Å². The van der Waals surface area contributed by atoms with Gasteiger partial charge in [0, 0.05) is 5.92 Å². The SMILES string of the molecule is C1=CC(c2ccccc2)C2=C1CCCCC2. The number of benzene rings is 1. The Balaban J connectivity index is 1.93. The fourth-order valence-electron chi connectivity index (χ4n) is 2.98. The van der Waals surface area contributed by atoms with Gasteiger partial charge >= 0.3 is 0 Å². The van der Waals surface area contributed by atoms with Crippen molar-refractivity contribution in [3.63, 3.8) is 0 Å². The molecule has 2 aliphatic rings. The highest BCUT2D eigenvalue weighted by Gasteiger charge is 2.22. The third-order valence-corrected chi connectivity index (χ3v) is 3.83. The summed E-state index contributed by atoms with van der Waals surface area (Å²) in [6.07, 6.45) is 11.5. The first-order valence-electron chi connectivity index (χ1n) is 6.40. The van der Waals surface area contributed by atoms with Gasteiger partial charge < -0.3 is 0 Å². The van der Waals surface area contributed by atoms with Crippen LogP contribution < -0.4 is 0 Å². The summed E-state index contributed by atoms with van der Waals surface area (Å²) in [5, 5.41) is 0. The van der Waals surface area contributed by atoms with Gasteiger partial charge in [0.05, 0.1) is 0 Å². The highest BCUT2D eigenvalue weighted by Crippen LogP contribution is 2.40. The summed E-state index contributed by atoms with van der Waals surface area (Å²) < 4.78 is 0. The van der Waals surface area contributed by atoms with Gasteiger partial charge in [-0.3, -0.25) is 0 Å². The van der Waals surface area contributed by atoms with Crippen molar-refractivity contribution >= 4 is 0 Å². The van der Waals surface area contributed by atoms with Crippen LogP contribution in [0.1, 0.15) is 43.6 Å². The predicted molar refractivity (Wildman–Crippen MR) is 68.4 cm³/mol. The molecule has 16 heavy (non-hydrogen) atoms. The molecule has 0 amide bonds. The zero-order valence-corrected chi connectivity index (χ0v) is 9.65. The number of allylic oxidation sites excluding steroid dienone is 4. The van der Waals surface area contributed by atoms with Gasteiger partial charge in [0.15, 0.2) is 0 Å². The lowest BCUT2D eigenvalue weighted by Gasteiger charge is -2.14. The molecule has 0 saturated heterocycles. The van der Waals surface area contributed by atoms with E-state index in [1.165, 1.54) is 37.7 Å². The molecule has 3 rings (SSSR count). The predicted octanol–water partition coefficient (Wildman–Crippen LogP) is 4.60. The summed E-state index contributed by atoms with van der Waals surface area (Å²) in [7, 11) is 0. The molecule has 0 aromatic heterocycles. The highest BCUT2D eigenvalue weighted by molar-refractivity contribution is 5.46. The van der Waals surface area contributed by atoms with Gasteiger partial charge in [0.25, 0.3) is 0 Å². The van der Waals surface area contributed by atoms with Crippen LogP contribution in [0.5, 0.6) is 0 Å². The van der Waals surface area contributed by atoms with E-state index in [9.17, 15) is 0 Å². The van der Waals surface area contributed by atoms with E-state index >= 15 is 0 Å². The second-order valence-corrected chi connectivity index (χ2v) is 4.86. The van der Waals surface area contributed by atoms with E-state index in [1.54, 1.807) is 11.1 Å². The minimum Gasteiger partial charge on any atom is -0.0727 e. The minimum atomic E-state index is 0.578. The molecular formula is C16H18. The molecule has 1 unspecified atom stereocenters. The Labute approximate surface area is 97.7 Å². The van der Waals surface area contributed by atoms with Crippen LogP contribution in [0.3, 0.4) is 0 Å². The van der Waals surface area contributed by atoms with Crippen LogP contribution in [0, 0.1) is 0 Å². The fourth-order valence-corrected chi connectivity index (χ4v) is 2.98. The van der Waals surface area contributed by atoms with Crippen LogP contribution in [0.25, 0.3) is 0 Å². The van der Waals surface area contributed by atoms with Gasteiger partial charge in [0.1, 0.15) is 0 Å². The Morgan fingerprint density at radius 2 is 1.69 bits per heavy atom. The van der Waals surface area contributed by atoms with Gasteiger partial charge in [-0.05, 0) is 36.8 Å². The van der Waals surface area contributed by atoms with E-state index < -0.39 is 0 Å². The molecule has 0 bridgehead atoms. The summed E-state index contributed by atoms with van der Waals surface area (Å²) in [6.45, 7) is 0. The van der Waals surface area contributed by atoms with Crippen LogP contribution in [-0.4, -0.2) is 0 Å². The van der Waals surface area contributed by atoms with E-state index in [0.29, 0.717) is 5.92 Å². The quantitative estimate of drug-likeness (QED) is 0.635. The molecule has 0 saturated carbocycles. The molecule has 0 radical (unpaired) electrons. The normalized spacial score (nSPS) is 24.4. The summed E-state index contributed by atoms with van der Waals surface area (Å²) in [5.74, 6) is 0.578. The fraction of sp³-hybridized carbons (Fsp3) is 0.375. The maximum atomic E-state index is 2.39. The van der Waals surface area contributed by atoms with Crippen molar-refractivity contribution in [2.24, 2.45) is 0 Å². The van der Waals surface area contributed by atoms with Crippen molar-refractivity contribution in [1.29, 1.82) is 0 Å². The van der Waals surface area contributed by atoms with E-state index in [1.807, 2.05) is 0 Å². The van der Waals surface area contributed by atoms with Gasteiger partial charge in [-0.25, -0.2) is 0 Å². The third kappa shape index (κ3) is 1.73.